The predicted octanol–water partition coefficient (Wildman–Crippen LogP) is 3.63. The highest BCUT2D eigenvalue weighted by Crippen LogP contribution is 2.14. The van der Waals surface area contributed by atoms with Gasteiger partial charge in [-0.2, -0.15) is 0 Å². The van der Waals surface area contributed by atoms with E-state index >= 15 is 0 Å². The van der Waals surface area contributed by atoms with Crippen LogP contribution in [0.1, 0.15) is 58.2 Å². The van der Waals surface area contributed by atoms with Crippen LogP contribution in [-0.4, -0.2) is 18.1 Å². The Kier molecular flexibility index (Phi) is 6.21. The van der Waals surface area contributed by atoms with Gasteiger partial charge < -0.3 is 10.1 Å². The predicted molar refractivity (Wildman–Crippen MR) is 82.7 cm³/mol. The van der Waals surface area contributed by atoms with E-state index in [2.05, 4.69) is 43.4 Å². The van der Waals surface area contributed by atoms with E-state index in [-0.39, 0.29) is 18.6 Å². The molecule has 0 radical (unpaired) electrons. The summed E-state index contributed by atoms with van der Waals surface area (Å²) in [5.74, 6) is -0.216. The Hall–Kier alpha value is -1.35. The fourth-order valence-electron chi connectivity index (χ4n) is 1.99. The summed E-state index contributed by atoms with van der Waals surface area (Å²) in [5, 5.41) is 3.20. The first-order valence-electron chi connectivity index (χ1n) is 7.36. The fourth-order valence-corrected chi connectivity index (χ4v) is 1.99. The van der Waals surface area contributed by atoms with Crippen LogP contribution in [0.4, 0.5) is 0 Å². The molecule has 3 nitrogen and oxygen atoms in total. The second-order valence-corrected chi connectivity index (χ2v) is 6.18. The maximum absolute atomic E-state index is 11.6. The molecule has 0 amide bonds. The molecule has 1 N–H and O–H groups in total. The minimum absolute atomic E-state index is 0.137. The SMILES string of the molecule is CCCc1ccc(C(C)NCC(=O)OC(C)(C)C)cc1. The number of rotatable bonds is 6. The summed E-state index contributed by atoms with van der Waals surface area (Å²) in [7, 11) is 0. The number of carbonyl (C=O) groups is 1. The fraction of sp³-hybridized carbons (Fsp3) is 0.588. The first-order valence-corrected chi connectivity index (χ1v) is 7.36. The summed E-state index contributed by atoms with van der Waals surface area (Å²) in [4.78, 5) is 11.6. The summed E-state index contributed by atoms with van der Waals surface area (Å²) in [6.07, 6.45) is 2.27. The normalized spacial score (nSPS) is 13.1. The lowest BCUT2D eigenvalue weighted by molar-refractivity contribution is -0.153. The topological polar surface area (TPSA) is 38.3 Å². The molecule has 20 heavy (non-hydrogen) atoms. The molecule has 0 heterocycles. The zero-order valence-electron chi connectivity index (χ0n) is 13.3. The van der Waals surface area contributed by atoms with Gasteiger partial charge in [-0.3, -0.25) is 4.79 Å². The molecule has 112 valence electrons. The van der Waals surface area contributed by atoms with Gasteiger partial charge in [-0.15, -0.1) is 0 Å². The molecule has 0 bridgehead atoms. The molecule has 3 heteroatoms. The molecule has 1 rings (SSSR count). The minimum Gasteiger partial charge on any atom is -0.459 e. The van der Waals surface area contributed by atoms with Crippen LogP contribution >= 0.6 is 0 Å². The van der Waals surface area contributed by atoms with Gasteiger partial charge in [0.05, 0.1) is 6.54 Å². The molecule has 1 aromatic carbocycles. The molecule has 0 saturated carbocycles. The Morgan fingerprint density at radius 2 is 1.85 bits per heavy atom. The highest BCUT2D eigenvalue weighted by Gasteiger charge is 2.16. The van der Waals surface area contributed by atoms with E-state index in [1.165, 1.54) is 11.1 Å². The van der Waals surface area contributed by atoms with E-state index in [4.69, 9.17) is 4.74 Å². The van der Waals surface area contributed by atoms with Crippen LogP contribution in [0.15, 0.2) is 24.3 Å². The molecule has 0 saturated heterocycles. The maximum atomic E-state index is 11.6. The highest BCUT2D eigenvalue weighted by atomic mass is 16.6. The van der Waals surface area contributed by atoms with Crippen molar-refractivity contribution in [1.82, 2.24) is 5.32 Å². The van der Waals surface area contributed by atoms with Crippen molar-refractivity contribution in [2.75, 3.05) is 6.54 Å². The van der Waals surface area contributed by atoms with E-state index in [0.29, 0.717) is 0 Å². The second-order valence-electron chi connectivity index (χ2n) is 6.18. The monoisotopic (exact) mass is 277 g/mol. The van der Waals surface area contributed by atoms with Crippen molar-refractivity contribution in [2.45, 2.75) is 59.1 Å². The van der Waals surface area contributed by atoms with Crippen LogP contribution < -0.4 is 5.32 Å². The van der Waals surface area contributed by atoms with Crippen LogP contribution in [0.5, 0.6) is 0 Å². The van der Waals surface area contributed by atoms with Gasteiger partial charge in [-0.25, -0.2) is 0 Å². The van der Waals surface area contributed by atoms with Crippen molar-refractivity contribution in [3.8, 4) is 0 Å². The molecule has 1 atom stereocenters. The summed E-state index contributed by atoms with van der Waals surface area (Å²) >= 11 is 0. The smallest absolute Gasteiger partial charge is 0.320 e. The quantitative estimate of drug-likeness (QED) is 0.807. The van der Waals surface area contributed by atoms with Gasteiger partial charge in [0.1, 0.15) is 5.60 Å². The summed E-state index contributed by atoms with van der Waals surface area (Å²) in [5.41, 5.74) is 2.12. The van der Waals surface area contributed by atoms with Crippen molar-refractivity contribution in [3.05, 3.63) is 35.4 Å². The Bertz CT molecular complexity index is 418. The third kappa shape index (κ3) is 6.20. The van der Waals surface area contributed by atoms with Gasteiger partial charge in [-0.1, -0.05) is 37.6 Å². The Morgan fingerprint density at radius 3 is 2.35 bits per heavy atom. The minimum atomic E-state index is -0.427. The van der Waals surface area contributed by atoms with Crippen molar-refractivity contribution in [3.63, 3.8) is 0 Å². The largest absolute Gasteiger partial charge is 0.459 e. The van der Waals surface area contributed by atoms with Gasteiger partial charge >= 0.3 is 5.97 Å². The number of hydrogen-bond acceptors (Lipinski definition) is 3. The molecule has 1 aromatic rings. The summed E-state index contributed by atoms with van der Waals surface area (Å²) in [6, 6.07) is 8.70. The molecule has 0 aliphatic carbocycles. The first-order chi connectivity index (χ1) is 9.31. The van der Waals surface area contributed by atoms with Crippen molar-refractivity contribution < 1.29 is 9.53 Å². The number of esters is 1. The molecule has 0 fully saturated rings. The molecule has 0 aliphatic rings. The molecular weight excluding hydrogens is 250 g/mol. The lowest BCUT2D eigenvalue weighted by Crippen LogP contribution is -2.32. The Balaban J connectivity index is 2.46. The summed E-state index contributed by atoms with van der Waals surface area (Å²) in [6.45, 7) is 10.1. The van der Waals surface area contributed by atoms with E-state index < -0.39 is 5.60 Å². The standard InChI is InChI=1S/C17H27NO2/c1-6-7-14-8-10-15(11-9-14)13(2)18-12-16(19)20-17(3,4)5/h8-11,13,18H,6-7,12H2,1-5H3. The van der Waals surface area contributed by atoms with Gasteiger partial charge in [0.25, 0.3) is 0 Å². The van der Waals surface area contributed by atoms with Gasteiger partial charge in [0.2, 0.25) is 0 Å². The number of benzene rings is 1. The zero-order valence-corrected chi connectivity index (χ0v) is 13.3. The number of ether oxygens (including phenoxy) is 1. The lowest BCUT2D eigenvalue weighted by atomic mass is 10.0. The van der Waals surface area contributed by atoms with Crippen LogP contribution in [-0.2, 0) is 16.0 Å². The van der Waals surface area contributed by atoms with Crippen molar-refractivity contribution in [1.29, 1.82) is 0 Å². The van der Waals surface area contributed by atoms with Crippen molar-refractivity contribution in [2.24, 2.45) is 0 Å². The average molecular weight is 277 g/mol. The van der Waals surface area contributed by atoms with E-state index in [1.54, 1.807) is 0 Å². The molecule has 0 spiro atoms. The Morgan fingerprint density at radius 1 is 1.25 bits per heavy atom. The Labute approximate surface area is 122 Å². The lowest BCUT2D eigenvalue weighted by Gasteiger charge is -2.21. The summed E-state index contributed by atoms with van der Waals surface area (Å²) < 4.78 is 5.27. The average Bonchev–Trinajstić information content (AvgIpc) is 2.35. The maximum Gasteiger partial charge on any atom is 0.320 e. The van der Waals surface area contributed by atoms with Crippen molar-refractivity contribution >= 4 is 5.97 Å². The molecule has 0 aromatic heterocycles. The number of nitrogens with one attached hydrogen (secondary N) is 1. The zero-order chi connectivity index (χ0) is 15.2. The van der Waals surface area contributed by atoms with E-state index in [9.17, 15) is 4.79 Å². The van der Waals surface area contributed by atoms with Crippen LogP contribution in [0.25, 0.3) is 0 Å². The van der Waals surface area contributed by atoms with Gasteiger partial charge in [-0.05, 0) is 45.2 Å². The van der Waals surface area contributed by atoms with Crippen LogP contribution in [0.3, 0.4) is 0 Å². The van der Waals surface area contributed by atoms with Gasteiger partial charge in [0, 0.05) is 6.04 Å². The van der Waals surface area contributed by atoms with E-state index in [0.717, 1.165) is 12.8 Å². The van der Waals surface area contributed by atoms with Crippen LogP contribution in [0, 0.1) is 0 Å². The molecule has 0 aliphatic heterocycles. The molecular formula is C17H27NO2. The first kappa shape index (κ1) is 16.7. The third-order valence-corrected chi connectivity index (χ3v) is 2.99. The van der Waals surface area contributed by atoms with Gasteiger partial charge in [0.15, 0.2) is 0 Å². The molecule has 1 unspecified atom stereocenters. The van der Waals surface area contributed by atoms with Crippen LogP contribution in [0.2, 0.25) is 0 Å². The van der Waals surface area contributed by atoms with E-state index in [1.807, 2.05) is 20.8 Å². The number of hydrogen-bond donors (Lipinski definition) is 1. The number of aryl methyl sites for hydroxylation is 1. The highest BCUT2D eigenvalue weighted by molar-refractivity contribution is 5.72. The second kappa shape index (κ2) is 7.44. The number of carbonyl (C=O) groups excluding carboxylic acids is 1. The third-order valence-electron chi connectivity index (χ3n) is 2.99.